The van der Waals surface area contributed by atoms with Gasteiger partial charge in [0.2, 0.25) is 0 Å². The summed E-state index contributed by atoms with van der Waals surface area (Å²) in [6.07, 6.45) is 7.24. The Morgan fingerprint density at radius 3 is 2.83 bits per heavy atom. The van der Waals surface area contributed by atoms with Gasteiger partial charge in [0.1, 0.15) is 0 Å². The first kappa shape index (κ1) is 17.1. The number of allylic oxidation sites excluding steroid dienone is 1. The van der Waals surface area contributed by atoms with Crippen molar-refractivity contribution in [3.8, 4) is 11.5 Å². The number of aryl methyl sites for hydroxylation is 1. The molecule has 1 aromatic heterocycles. The molecule has 6 heteroatoms. The fourth-order valence-corrected chi connectivity index (χ4v) is 2.27. The van der Waals surface area contributed by atoms with Gasteiger partial charge >= 0.3 is 0 Å². The smallest absolute Gasteiger partial charge is 0.189 e. The van der Waals surface area contributed by atoms with Crippen LogP contribution in [-0.2, 0) is 7.05 Å². The Morgan fingerprint density at radius 1 is 1.43 bits per heavy atom. The molecule has 0 fully saturated rings. The standard InChI is InChI=1S/C17H19ClN2O3/c1-4-7-23-17-14(18)8-12(9-16(17)22-3)5-6-15(21)13-10-19-20(2)11-13/h5-6,8-11H,4,7H2,1-3H3/b6-5+. The van der Waals surface area contributed by atoms with E-state index in [0.29, 0.717) is 28.7 Å². The van der Waals surface area contributed by atoms with Crippen LogP contribution in [-0.4, -0.2) is 29.3 Å². The molecule has 0 amide bonds. The van der Waals surface area contributed by atoms with Gasteiger partial charge in [-0.25, -0.2) is 0 Å². The van der Waals surface area contributed by atoms with Gasteiger partial charge in [-0.1, -0.05) is 24.6 Å². The molecule has 0 radical (unpaired) electrons. The molecule has 0 aliphatic carbocycles. The number of carbonyl (C=O) groups excluding carboxylic acids is 1. The highest BCUT2D eigenvalue weighted by molar-refractivity contribution is 6.32. The first-order valence-electron chi connectivity index (χ1n) is 7.26. The second kappa shape index (κ2) is 7.83. The number of ketones is 1. The highest BCUT2D eigenvalue weighted by Gasteiger charge is 2.11. The third-order valence-electron chi connectivity index (χ3n) is 3.12. The third kappa shape index (κ3) is 4.36. The van der Waals surface area contributed by atoms with E-state index in [4.69, 9.17) is 21.1 Å². The van der Waals surface area contributed by atoms with E-state index in [1.54, 1.807) is 43.2 Å². The normalized spacial score (nSPS) is 11.0. The third-order valence-corrected chi connectivity index (χ3v) is 3.40. The first-order chi connectivity index (χ1) is 11.0. The second-order valence-corrected chi connectivity index (χ2v) is 5.39. The van der Waals surface area contributed by atoms with Crippen molar-refractivity contribution in [2.75, 3.05) is 13.7 Å². The van der Waals surface area contributed by atoms with Gasteiger partial charge in [-0.3, -0.25) is 9.48 Å². The molecule has 1 heterocycles. The van der Waals surface area contributed by atoms with Crippen LogP contribution in [0.2, 0.25) is 5.02 Å². The van der Waals surface area contributed by atoms with Crippen LogP contribution in [0.15, 0.2) is 30.6 Å². The minimum absolute atomic E-state index is 0.125. The zero-order valence-electron chi connectivity index (χ0n) is 13.4. The summed E-state index contributed by atoms with van der Waals surface area (Å²) in [7, 11) is 3.32. The van der Waals surface area contributed by atoms with Crippen molar-refractivity contribution in [3.05, 3.63) is 46.8 Å². The van der Waals surface area contributed by atoms with Crippen molar-refractivity contribution in [1.29, 1.82) is 0 Å². The fraction of sp³-hybridized carbons (Fsp3) is 0.294. The number of hydrogen-bond donors (Lipinski definition) is 0. The largest absolute Gasteiger partial charge is 0.493 e. The van der Waals surface area contributed by atoms with Crippen LogP contribution in [0, 0.1) is 0 Å². The molecular formula is C17H19ClN2O3. The van der Waals surface area contributed by atoms with Crippen molar-refractivity contribution < 1.29 is 14.3 Å². The number of halogens is 1. The number of nitrogens with zero attached hydrogens (tertiary/aromatic N) is 2. The Morgan fingerprint density at radius 2 is 2.22 bits per heavy atom. The quantitative estimate of drug-likeness (QED) is 0.571. The number of aromatic nitrogens is 2. The minimum atomic E-state index is -0.125. The van der Waals surface area contributed by atoms with Crippen molar-refractivity contribution in [2.45, 2.75) is 13.3 Å². The van der Waals surface area contributed by atoms with Gasteiger partial charge in [0.15, 0.2) is 17.3 Å². The molecule has 2 rings (SSSR count). The lowest BCUT2D eigenvalue weighted by atomic mass is 10.1. The average molecular weight is 335 g/mol. The highest BCUT2D eigenvalue weighted by Crippen LogP contribution is 2.36. The summed E-state index contributed by atoms with van der Waals surface area (Å²) in [6.45, 7) is 2.58. The van der Waals surface area contributed by atoms with Gasteiger partial charge in [0, 0.05) is 13.2 Å². The van der Waals surface area contributed by atoms with Crippen molar-refractivity contribution in [1.82, 2.24) is 9.78 Å². The van der Waals surface area contributed by atoms with E-state index in [1.165, 1.54) is 12.3 Å². The maximum atomic E-state index is 12.0. The molecule has 0 atom stereocenters. The van der Waals surface area contributed by atoms with E-state index in [2.05, 4.69) is 5.10 Å². The molecular weight excluding hydrogens is 316 g/mol. The summed E-state index contributed by atoms with van der Waals surface area (Å²) in [5.41, 5.74) is 1.29. The number of carbonyl (C=O) groups is 1. The van der Waals surface area contributed by atoms with E-state index in [-0.39, 0.29) is 5.78 Å². The summed E-state index contributed by atoms with van der Waals surface area (Å²) in [6, 6.07) is 3.52. The van der Waals surface area contributed by atoms with Crippen molar-refractivity contribution in [2.24, 2.45) is 7.05 Å². The predicted molar refractivity (Wildman–Crippen MR) is 90.4 cm³/mol. The maximum Gasteiger partial charge on any atom is 0.189 e. The first-order valence-corrected chi connectivity index (χ1v) is 7.64. The molecule has 0 N–H and O–H groups in total. The number of hydrogen-bond acceptors (Lipinski definition) is 4. The van der Waals surface area contributed by atoms with Crippen LogP contribution in [0.4, 0.5) is 0 Å². The van der Waals surface area contributed by atoms with Crippen LogP contribution in [0.25, 0.3) is 6.08 Å². The molecule has 2 aromatic rings. The average Bonchev–Trinajstić information content (AvgIpc) is 2.97. The van der Waals surface area contributed by atoms with Gasteiger partial charge in [0.05, 0.1) is 30.5 Å². The lowest BCUT2D eigenvalue weighted by molar-refractivity contribution is 0.104. The fourth-order valence-electron chi connectivity index (χ4n) is 2.00. The SMILES string of the molecule is CCCOc1c(Cl)cc(/C=C/C(=O)c2cnn(C)c2)cc1OC. The molecule has 0 saturated carbocycles. The summed E-state index contributed by atoms with van der Waals surface area (Å²) in [4.78, 5) is 12.0. The monoisotopic (exact) mass is 334 g/mol. The predicted octanol–water partition coefficient (Wildman–Crippen LogP) is 3.77. The van der Waals surface area contributed by atoms with E-state index < -0.39 is 0 Å². The van der Waals surface area contributed by atoms with E-state index in [9.17, 15) is 4.79 Å². The highest BCUT2D eigenvalue weighted by atomic mass is 35.5. The zero-order valence-corrected chi connectivity index (χ0v) is 14.1. The molecule has 0 aliphatic heterocycles. The Hall–Kier alpha value is -2.27. The van der Waals surface area contributed by atoms with E-state index in [0.717, 1.165) is 12.0 Å². The Labute approximate surface area is 140 Å². The molecule has 0 aliphatic rings. The summed E-state index contributed by atoms with van der Waals surface area (Å²) >= 11 is 6.25. The topological polar surface area (TPSA) is 53.3 Å². The number of methoxy groups -OCH3 is 1. The van der Waals surface area contributed by atoms with Gasteiger partial charge in [-0.2, -0.15) is 5.10 Å². The van der Waals surface area contributed by atoms with Gasteiger partial charge in [-0.05, 0) is 30.2 Å². The number of benzene rings is 1. The summed E-state index contributed by atoms with van der Waals surface area (Å²) < 4.78 is 12.5. The maximum absolute atomic E-state index is 12.0. The molecule has 0 spiro atoms. The van der Waals surface area contributed by atoms with Gasteiger partial charge in [-0.15, -0.1) is 0 Å². The molecule has 1 aromatic carbocycles. The Balaban J connectivity index is 2.21. The van der Waals surface area contributed by atoms with Gasteiger partial charge < -0.3 is 9.47 Å². The van der Waals surface area contributed by atoms with Crippen LogP contribution in [0.3, 0.4) is 0 Å². The van der Waals surface area contributed by atoms with Crippen LogP contribution < -0.4 is 9.47 Å². The molecule has 23 heavy (non-hydrogen) atoms. The zero-order chi connectivity index (χ0) is 16.8. The van der Waals surface area contributed by atoms with E-state index in [1.807, 2.05) is 6.92 Å². The Bertz CT molecular complexity index is 723. The lowest BCUT2D eigenvalue weighted by Gasteiger charge is -2.12. The molecule has 0 saturated heterocycles. The molecule has 0 unspecified atom stereocenters. The molecule has 5 nitrogen and oxygen atoms in total. The van der Waals surface area contributed by atoms with Crippen LogP contribution in [0.1, 0.15) is 29.3 Å². The second-order valence-electron chi connectivity index (χ2n) is 4.98. The molecule has 122 valence electrons. The van der Waals surface area contributed by atoms with Crippen LogP contribution in [0.5, 0.6) is 11.5 Å². The summed E-state index contributed by atoms with van der Waals surface area (Å²) in [5.74, 6) is 0.936. The minimum Gasteiger partial charge on any atom is -0.493 e. The summed E-state index contributed by atoms with van der Waals surface area (Å²) in [5, 5.41) is 4.43. The number of rotatable bonds is 7. The van der Waals surface area contributed by atoms with Gasteiger partial charge in [0.25, 0.3) is 0 Å². The van der Waals surface area contributed by atoms with Crippen LogP contribution >= 0.6 is 11.6 Å². The van der Waals surface area contributed by atoms with Crippen molar-refractivity contribution in [3.63, 3.8) is 0 Å². The van der Waals surface area contributed by atoms with E-state index >= 15 is 0 Å². The Kier molecular flexibility index (Phi) is 5.82. The molecule has 0 bridgehead atoms. The number of ether oxygens (including phenoxy) is 2. The lowest BCUT2D eigenvalue weighted by Crippen LogP contribution is -1.99. The van der Waals surface area contributed by atoms with Crippen molar-refractivity contribution >= 4 is 23.5 Å².